The molecule has 9 nitrogen and oxygen atoms in total. The fourth-order valence-corrected chi connectivity index (χ4v) is 5.23. The molecular weight excluding hydrogens is 521 g/mol. The molecule has 1 amide bonds. The van der Waals surface area contributed by atoms with Crippen molar-refractivity contribution in [1.29, 1.82) is 0 Å². The number of piperidine rings is 1. The lowest BCUT2D eigenvalue weighted by Crippen LogP contribution is -2.33. The van der Waals surface area contributed by atoms with Crippen LogP contribution in [0.25, 0.3) is 17.2 Å². The third-order valence-corrected chi connectivity index (χ3v) is 7.60. The maximum atomic E-state index is 13.7. The first-order valence-corrected chi connectivity index (χ1v) is 13.0. The maximum absolute atomic E-state index is 13.7. The van der Waals surface area contributed by atoms with E-state index in [9.17, 15) is 9.18 Å². The zero-order chi connectivity index (χ0) is 27.5. The molecule has 1 aliphatic carbocycles. The van der Waals surface area contributed by atoms with Crippen LogP contribution < -0.4 is 10.5 Å². The van der Waals surface area contributed by atoms with Gasteiger partial charge in [0, 0.05) is 60.7 Å². The van der Waals surface area contributed by atoms with Crippen molar-refractivity contribution in [2.24, 2.45) is 17.6 Å². The van der Waals surface area contributed by atoms with Crippen LogP contribution in [-0.4, -0.2) is 54.7 Å². The molecule has 11 heteroatoms. The Kier molecular flexibility index (Phi) is 6.11. The number of pyridine rings is 1. The van der Waals surface area contributed by atoms with Gasteiger partial charge in [-0.25, -0.2) is 24.0 Å². The summed E-state index contributed by atoms with van der Waals surface area (Å²) in [5.74, 6) is 0.714. The third-order valence-electron chi connectivity index (χ3n) is 7.31. The summed E-state index contributed by atoms with van der Waals surface area (Å²) < 4.78 is 21.6. The summed E-state index contributed by atoms with van der Waals surface area (Å²) >= 11 is 6.02. The minimum absolute atomic E-state index is 0.0211. The molecule has 200 valence electrons. The number of carbonyl (C=O) groups is 1. The predicted molar refractivity (Wildman–Crippen MR) is 143 cm³/mol. The highest BCUT2D eigenvalue weighted by Crippen LogP contribution is 2.48. The lowest BCUT2D eigenvalue weighted by Gasteiger charge is -2.22. The topological polar surface area (TPSA) is 112 Å². The van der Waals surface area contributed by atoms with Crippen LogP contribution in [0.4, 0.5) is 4.39 Å². The molecule has 4 heterocycles. The standard InChI is InChI=1S/C28H27ClFN7O2/c1-15-18(14-37(35-15)27-32-7-4-8-33-27)26(38)36-12-19-20(13-36)25(19)39-24-11-17(28(2,3)31)10-23(34-24)16-5-6-22(30)21(29)9-16/h4-11,14,19-20,25H,12-13,31H2,1-3H3/t19-,20+,25?. The number of rotatable bonds is 6. The van der Waals surface area contributed by atoms with Crippen LogP contribution in [0.15, 0.2) is 55.0 Å². The molecule has 3 atom stereocenters. The Morgan fingerprint density at radius 1 is 1.15 bits per heavy atom. The maximum Gasteiger partial charge on any atom is 0.257 e. The van der Waals surface area contributed by atoms with Crippen molar-refractivity contribution in [3.8, 4) is 23.1 Å². The van der Waals surface area contributed by atoms with Crippen molar-refractivity contribution >= 4 is 17.5 Å². The van der Waals surface area contributed by atoms with Crippen LogP contribution >= 0.6 is 11.6 Å². The second-order valence-corrected chi connectivity index (χ2v) is 11.1. The van der Waals surface area contributed by atoms with Gasteiger partial charge in [-0.2, -0.15) is 5.10 Å². The Hall–Kier alpha value is -3.89. The number of aryl methyl sites for hydroxylation is 1. The van der Waals surface area contributed by atoms with Gasteiger partial charge in [0.25, 0.3) is 5.91 Å². The van der Waals surface area contributed by atoms with Gasteiger partial charge in [0.2, 0.25) is 11.8 Å². The Bertz CT molecular complexity index is 1560. The van der Waals surface area contributed by atoms with E-state index in [2.05, 4.69) is 20.1 Å². The minimum Gasteiger partial charge on any atom is -0.474 e. The number of hydrogen-bond acceptors (Lipinski definition) is 7. The van der Waals surface area contributed by atoms with Crippen molar-refractivity contribution < 1.29 is 13.9 Å². The number of aromatic nitrogens is 5. The molecule has 1 aliphatic heterocycles. The second-order valence-electron chi connectivity index (χ2n) is 10.7. The van der Waals surface area contributed by atoms with Gasteiger partial charge in [0.15, 0.2) is 0 Å². The van der Waals surface area contributed by atoms with Crippen LogP contribution in [0, 0.1) is 24.6 Å². The van der Waals surface area contributed by atoms with Gasteiger partial charge >= 0.3 is 0 Å². The Balaban J connectivity index is 1.17. The van der Waals surface area contributed by atoms with Crippen molar-refractivity contribution in [2.75, 3.05) is 13.1 Å². The number of nitrogens with zero attached hydrogens (tertiary/aromatic N) is 6. The summed E-state index contributed by atoms with van der Waals surface area (Å²) in [5.41, 5.74) is 9.01. The summed E-state index contributed by atoms with van der Waals surface area (Å²) in [6, 6.07) is 9.92. The fourth-order valence-electron chi connectivity index (χ4n) is 5.05. The molecule has 39 heavy (non-hydrogen) atoms. The van der Waals surface area contributed by atoms with E-state index in [1.807, 2.05) is 30.9 Å². The van der Waals surface area contributed by atoms with Gasteiger partial charge in [-0.1, -0.05) is 11.6 Å². The molecule has 0 bridgehead atoms. The van der Waals surface area contributed by atoms with Crippen LogP contribution in [0.5, 0.6) is 5.88 Å². The SMILES string of the molecule is Cc1nn(-c2ncccn2)cc1C(=O)N1C[C@@H]2C(Oc3cc(C(C)(C)N)cc(-c4ccc(F)c(Cl)c4)n3)[C@@H]2C1. The van der Waals surface area contributed by atoms with Gasteiger partial charge < -0.3 is 15.4 Å². The molecule has 0 spiro atoms. The molecule has 1 unspecified atom stereocenters. The second kappa shape index (κ2) is 9.39. The van der Waals surface area contributed by atoms with Crippen LogP contribution in [0.3, 0.4) is 0 Å². The average Bonchev–Trinajstić information content (AvgIpc) is 3.22. The summed E-state index contributed by atoms with van der Waals surface area (Å²) in [6.45, 7) is 6.78. The van der Waals surface area contributed by atoms with Gasteiger partial charge in [0.05, 0.1) is 22.0 Å². The van der Waals surface area contributed by atoms with Crippen molar-refractivity contribution in [3.63, 3.8) is 0 Å². The van der Waals surface area contributed by atoms with E-state index in [1.165, 1.54) is 10.7 Å². The number of hydrogen-bond donors (Lipinski definition) is 1. The number of benzene rings is 1. The van der Waals surface area contributed by atoms with E-state index in [1.54, 1.807) is 43.7 Å². The first-order valence-electron chi connectivity index (χ1n) is 12.6. The molecule has 1 saturated heterocycles. The summed E-state index contributed by atoms with van der Waals surface area (Å²) in [6.07, 6.45) is 4.89. The number of fused-ring (bicyclic) bond motifs is 1. The number of carbonyl (C=O) groups excluding carboxylic acids is 1. The van der Waals surface area contributed by atoms with Crippen LogP contribution in [0.2, 0.25) is 5.02 Å². The molecule has 0 radical (unpaired) electrons. The van der Waals surface area contributed by atoms with Crippen LogP contribution in [-0.2, 0) is 5.54 Å². The highest BCUT2D eigenvalue weighted by Gasteiger charge is 2.59. The van der Waals surface area contributed by atoms with E-state index in [4.69, 9.17) is 22.1 Å². The smallest absolute Gasteiger partial charge is 0.257 e. The van der Waals surface area contributed by atoms with E-state index >= 15 is 0 Å². The molecule has 2 N–H and O–H groups in total. The molecule has 6 rings (SSSR count). The predicted octanol–water partition coefficient (Wildman–Crippen LogP) is 4.17. The normalized spacial score (nSPS) is 20.2. The fraction of sp³-hybridized carbons (Fsp3) is 0.321. The van der Waals surface area contributed by atoms with Gasteiger partial charge in [-0.15, -0.1) is 0 Å². The lowest BCUT2D eigenvalue weighted by atomic mass is 9.95. The van der Waals surface area contributed by atoms with Crippen molar-refractivity contribution in [1.82, 2.24) is 29.6 Å². The van der Waals surface area contributed by atoms with E-state index in [0.717, 1.165) is 5.56 Å². The first-order chi connectivity index (χ1) is 18.6. The molecule has 2 fully saturated rings. The Labute approximate surface area is 229 Å². The molecule has 1 saturated carbocycles. The van der Waals surface area contributed by atoms with Gasteiger partial charge in [-0.3, -0.25) is 4.79 Å². The Morgan fingerprint density at radius 3 is 2.54 bits per heavy atom. The van der Waals surface area contributed by atoms with Gasteiger partial charge in [-0.05, 0) is 56.7 Å². The third kappa shape index (κ3) is 4.86. The number of amides is 1. The Morgan fingerprint density at radius 2 is 1.87 bits per heavy atom. The van der Waals surface area contributed by atoms with Gasteiger partial charge in [0.1, 0.15) is 11.9 Å². The van der Waals surface area contributed by atoms with E-state index in [-0.39, 0.29) is 28.9 Å². The van der Waals surface area contributed by atoms with Crippen molar-refractivity contribution in [3.05, 3.63) is 82.6 Å². The quantitative estimate of drug-likeness (QED) is 0.385. The minimum atomic E-state index is -0.643. The number of halogens is 2. The van der Waals surface area contributed by atoms with E-state index in [0.29, 0.717) is 47.4 Å². The monoisotopic (exact) mass is 547 g/mol. The largest absolute Gasteiger partial charge is 0.474 e. The highest BCUT2D eigenvalue weighted by molar-refractivity contribution is 6.31. The zero-order valence-electron chi connectivity index (χ0n) is 21.7. The number of likely N-dealkylation sites (tertiary alicyclic amines) is 1. The summed E-state index contributed by atoms with van der Waals surface area (Å²) in [7, 11) is 0. The summed E-state index contributed by atoms with van der Waals surface area (Å²) in [5, 5.41) is 4.44. The average molecular weight is 548 g/mol. The highest BCUT2D eigenvalue weighted by atomic mass is 35.5. The summed E-state index contributed by atoms with van der Waals surface area (Å²) in [4.78, 5) is 28.2. The molecule has 3 aromatic heterocycles. The molecule has 2 aliphatic rings. The van der Waals surface area contributed by atoms with E-state index < -0.39 is 11.4 Å². The molecule has 4 aromatic rings. The zero-order valence-corrected chi connectivity index (χ0v) is 22.4. The first kappa shape index (κ1) is 25.4. The number of ether oxygens (including phenoxy) is 1. The lowest BCUT2D eigenvalue weighted by molar-refractivity contribution is 0.0751. The molecule has 1 aromatic carbocycles. The number of nitrogens with two attached hydrogens (primary N) is 1. The molecular formula is C28H27ClFN7O2. The van der Waals surface area contributed by atoms with Crippen LogP contribution in [0.1, 0.15) is 35.5 Å². The van der Waals surface area contributed by atoms with Crippen molar-refractivity contribution in [2.45, 2.75) is 32.4 Å².